The first-order valence-corrected chi connectivity index (χ1v) is 8.51. The molecule has 0 aliphatic carbocycles. The molecule has 1 aliphatic heterocycles. The van der Waals surface area contributed by atoms with Gasteiger partial charge in [0.25, 0.3) is 0 Å². The van der Waals surface area contributed by atoms with Gasteiger partial charge in [-0.2, -0.15) is 13.2 Å². The molecule has 9 heteroatoms. The zero-order chi connectivity index (χ0) is 20.3. The molecule has 1 amide bonds. The van der Waals surface area contributed by atoms with Crippen molar-refractivity contribution in [3.8, 4) is 0 Å². The molecular weight excluding hydrogens is 383 g/mol. The number of benzene rings is 2. The molecular formula is C19H17F5N2O2. The number of carbonyl (C=O) groups is 1. The van der Waals surface area contributed by atoms with Gasteiger partial charge in [-0.1, -0.05) is 6.07 Å². The molecule has 28 heavy (non-hydrogen) atoms. The van der Waals surface area contributed by atoms with Gasteiger partial charge >= 0.3 is 6.18 Å². The Morgan fingerprint density at radius 3 is 2.57 bits per heavy atom. The molecule has 1 aliphatic rings. The summed E-state index contributed by atoms with van der Waals surface area (Å²) in [6, 6.07) is 5.95. The van der Waals surface area contributed by atoms with Crippen molar-refractivity contribution >= 4 is 17.3 Å². The van der Waals surface area contributed by atoms with Crippen LogP contribution in [-0.4, -0.2) is 19.1 Å². The van der Waals surface area contributed by atoms with E-state index in [2.05, 4.69) is 10.6 Å². The van der Waals surface area contributed by atoms with Crippen molar-refractivity contribution in [3.05, 3.63) is 59.2 Å². The normalized spacial score (nSPS) is 16.8. The molecule has 1 fully saturated rings. The van der Waals surface area contributed by atoms with E-state index in [9.17, 15) is 26.7 Å². The Labute approximate surface area is 157 Å². The summed E-state index contributed by atoms with van der Waals surface area (Å²) in [5, 5.41) is 5.07. The van der Waals surface area contributed by atoms with Crippen molar-refractivity contribution in [2.75, 3.05) is 18.5 Å². The third-order valence-electron chi connectivity index (χ3n) is 4.37. The summed E-state index contributed by atoms with van der Waals surface area (Å²) >= 11 is 0. The Balaban J connectivity index is 1.70. The highest BCUT2D eigenvalue weighted by atomic mass is 19.4. The minimum Gasteiger partial charge on any atom is -0.381 e. The molecule has 1 heterocycles. The Hall–Kier alpha value is -2.68. The van der Waals surface area contributed by atoms with Crippen molar-refractivity contribution in [2.45, 2.75) is 19.1 Å². The lowest BCUT2D eigenvalue weighted by atomic mass is 10.1. The van der Waals surface area contributed by atoms with Crippen LogP contribution in [0.1, 0.15) is 17.5 Å². The number of carbonyl (C=O) groups excluding carboxylic acids is 1. The number of nitrogens with one attached hydrogen (secondary N) is 2. The Morgan fingerprint density at radius 1 is 1.14 bits per heavy atom. The van der Waals surface area contributed by atoms with E-state index in [1.165, 1.54) is 12.1 Å². The first-order valence-electron chi connectivity index (χ1n) is 8.51. The number of rotatable bonds is 5. The summed E-state index contributed by atoms with van der Waals surface area (Å²) in [5.74, 6) is -2.21. The van der Waals surface area contributed by atoms with Crippen LogP contribution < -0.4 is 10.6 Å². The molecule has 0 spiro atoms. The summed E-state index contributed by atoms with van der Waals surface area (Å²) in [6.45, 7) is 0.790. The number of alkyl halides is 3. The molecule has 0 bridgehead atoms. The van der Waals surface area contributed by atoms with Crippen molar-refractivity contribution in [2.24, 2.45) is 5.92 Å². The quantitative estimate of drug-likeness (QED) is 0.733. The van der Waals surface area contributed by atoms with Gasteiger partial charge in [0.15, 0.2) is 0 Å². The second-order valence-electron chi connectivity index (χ2n) is 6.40. The van der Waals surface area contributed by atoms with E-state index in [1.54, 1.807) is 0 Å². The summed E-state index contributed by atoms with van der Waals surface area (Å²) < 4.78 is 71.7. The largest absolute Gasteiger partial charge is 0.418 e. The number of hydrogen-bond acceptors (Lipinski definition) is 3. The molecule has 0 saturated carbocycles. The smallest absolute Gasteiger partial charge is 0.381 e. The fourth-order valence-electron chi connectivity index (χ4n) is 2.85. The van der Waals surface area contributed by atoms with Crippen LogP contribution in [0.5, 0.6) is 0 Å². The van der Waals surface area contributed by atoms with Gasteiger partial charge in [-0.25, -0.2) is 8.78 Å². The maximum atomic E-state index is 14.3. The van der Waals surface area contributed by atoms with Crippen LogP contribution in [0.4, 0.5) is 33.3 Å². The fourth-order valence-corrected chi connectivity index (χ4v) is 2.85. The minimum atomic E-state index is -4.77. The van der Waals surface area contributed by atoms with Gasteiger partial charge in [0.2, 0.25) is 5.91 Å². The lowest BCUT2D eigenvalue weighted by molar-refractivity contribution is -0.137. The zero-order valence-corrected chi connectivity index (χ0v) is 14.6. The molecule has 4 nitrogen and oxygen atoms in total. The highest BCUT2D eigenvalue weighted by molar-refractivity contribution is 5.79. The second kappa shape index (κ2) is 8.14. The van der Waals surface area contributed by atoms with E-state index < -0.39 is 29.1 Å². The first-order chi connectivity index (χ1) is 13.2. The summed E-state index contributed by atoms with van der Waals surface area (Å²) in [4.78, 5) is 11.9. The van der Waals surface area contributed by atoms with Crippen LogP contribution in [0.25, 0.3) is 0 Å². The second-order valence-corrected chi connectivity index (χ2v) is 6.40. The Morgan fingerprint density at radius 2 is 1.93 bits per heavy atom. The van der Waals surface area contributed by atoms with Crippen LogP contribution in [-0.2, 0) is 22.3 Å². The van der Waals surface area contributed by atoms with Crippen molar-refractivity contribution in [1.82, 2.24) is 5.32 Å². The zero-order valence-electron chi connectivity index (χ0n) is 14.6. The number of anilines is 2. The highest BCUT2D eigenvalue weighted by Crippen LogP contribution is 2.36. The maximum Gasteiger partial charge on any atom is 0.418 e. The van der Waals surface area contributed by atoms with Gasteiger partial charge in [0, 0.05) is 24.4 Å². The number of ether oxygens (including phenoxy) is 1. The topological polar surface area (TPSA) is 50.4 Å². The standard InChI is InChI=1S/C19H17F5N2O2/c20-13-2-4-17(15(7-13)19(22,23)24)26-14-3-1-11(16(21)8-14)9-25-18(27)12-5-6-28-10-12/h1-4,7-8,12,26H,5-6,9-10H2,(H,25,27). The van der Waals surface area contributed by atoms with Crippen LogP contribution >= 0.6 is 0 Å². The molecule has 2 aromatic rings. The summed E-state index contributed by atoms with van der Waals surface area (Å²) in [6.07, 6.45) is -4.16. The van der Waals surface area contributed by atoms with Gasteiger partial charge in [0.1, 0.15) is 11.6 Å². The predicted molar refractivity (Wildman–Crippen MR) is 91.9 cm³/mol. The third kappa shape index (κ3) is 4.78. The highest BCUT2D eigenvalue weighted by Gasteiger charge is 2.34. The molecule has 0 radical (unpaired) electrons. The number of hydrogen-bond donors (Lipinski definition) is 2. The van der Waals surface area contributed by atoms with E-state index in [0.717, 1.165) is 18.2 Å². The average molecular weight is 400 g/mol. The molecule has 2 aromatic carbocycles. The van der Waals surface area contributed by atoms with Gasteiger partial charge in [-0.3, -0.25) is 4.79 Å². The average Bonchev–Trinajstić information content (AvgIpc) is 3.16. The van der Waals surface area contributed by atoms with E-state index >= 15 is 0 Å². The van der Waals surface area contributed by atoms with Crippen LogP contribution in [0.15, 0.2) is 36.4 Å². The van der Waals surface area contributed by atoms with Gasteiger partial charge < -0.3 is 15.4 Å². The Kier molecular flexibility index (Phi) is 5.83. The monoisotopic (exact) mass is 400 g/mol. The minimum absolute atomic E-state index is 0.0498. The van der Waals surface area contributed by atoms with Crippen molar-refractivity contribution in [1.29, 1.82) is 0 Å². The summed E-state index contributed by atoms with van der Waals surface area (Å²) in [7, 11) is 0. The SMILES string of the molecule is O=C(NCc1ccc(Nc2ccc(F)cc2C(F)(F)F)cc1F)C1CCOC1. The molecule has 150 valence electrons. The first kappa shape index (κ1) is 20.1. The Bertz CT molecular complexity index is 864. The molecule has 2 N–H and O–H groups in total. The van der Waals surface area contributed by atoms with Crippen molar-refractivity contribution < 1.29 is 31.5 Å². The van der Waals surface area contributed by atoms with Crippen molar-refractivity contribution in [3.63, 3.8) is 0 Å². The van der Waals surface area contributed by atoms with E-state index in [-0.39, 0.29) is 29.6 Å². The van der Waals surface area contributed by atoms with E-state index in [4.69, 9.17) is 4.74 Å². The van der Waals surface area contributed by atoms with Crippen LogP contribution in [0, 0.1) is 17.6 Å². The van der Waals surface area contributed by atoms with Gasteiger partial charge in [-0.15, -0.1) is 0 Å². The molecule has 0 aromatic heterocycles. The van der Waals surface area contributed by atoms with Crippen LogP contribution in [0.2, 0.25) is 0 Å². The number of halogens is 5. The summed E-state index contributed by atoms with van der Waals surface area (Å²) in [5.41, 5.74) is -1.33. The van der Waals surface area contributed by atoms with E-state index in [0.29, 0.717) is 25.7 Å². The molecule has 1 saturated heterocycles. The maximum absolute atomic E-state index is 14.3. The third-order valence-corrected chi connectivity index (χ3v) is 4.37. The molecule has 3 rings (SSSR count). The lowest BCUT2D eigenvalue weighted by Gasteiger charge is -2.15. The van der Waals surface area contributed by atoms with Gasteiger partial charge in [0.05, 0.1) is 23.8 Å². The predicted octanol–water partition coefficient (Wildman–Crippen LogP) is 4.38. The van der Waals surface area contributed by atoms with Gasteiger partial charge in [-0.05, 0) is 36.8 Å². The van der Waals surface area contributed by atoms with E-state index in [1.807, 2.05) is 0 Å². The lowest BCUT2D eigenvalue weighted by Crippen LogP contribution is -2.30. The molecule has 1 unspecified atom stereocenters. The van der Waals surface area contributed by atoms with Crippen LogP contribution in [0.3, 0.4) is 0 Å². The fraction of sp³-hybridized carbons (Fsp3) is 0.316. The number of amides is 1. The molecule has 1 atom stereocenters.